The quantitative estimate of drug-likeness (QED) is 0.489. The average molecular weight is 484 g/mol. The lowest BCUT2D eigenvalue weighted by molar-refractivity contribution is -0.118. The van der Waals surface area contributed by atoms with Gasteiger partial charge >= 0.3 is 0 Å². The van der Waals surface area contributed by atoms with Crippen LogP contribution in [0.15, 0.2) is 47.4 Å². The van der Waals surface area contributed by atoms with Crippen molar-refractivity contribution in [1.82, 2.24) is 9.88 Å². The van der Waals surface area contributed by atoms with Gasteiger partial charge in [0.2, 0.25) is 5.91 Å². The number of benzene rings is 2. The Labute approximate surface area is 193 Å². The summed E-state index contributed by atoms with van der Waals surface area (Å²) < 4.78 is 30.2. The second-order valence-corrected chi connectivity index (χ2v) is 10.2. The van der Waals surface area contributed by atoms with Gasteiger partial charge in [-0.3, -0.25) is 9.69 Å². The van der Waals surface area contributed by atoms with E-state index in [1.54, 1.807) is 24.1 Å². The highest BCUT2D eigenvalue weighted by Crippen LogP contribution is 2.33. The Bertz CT molecular complexity index is 1150. The molecule has 0 aliphatic carbocycles. The number of para-hydroxylation sites is 1. The van der Waals surface area contributed by atoms with Gasteiger partial charge in [0.25, 0.3) is 0 Å². The molecule has 0 atom stereocenters. The summed E-state index contributed by atoms with van der Waals surface area (Å²) in [6.45, 7) is 1.11. The molecule has 0 spiro atoms. The first-order valence-electron chi connectivity index (χ1n) is 9.36. The van der Waals surface area contributed by atoms with Crippen molar-refractivity contribution in [2.45, 2.75) is 11.3 Å². The van der Waals surface area contributed by atoms with E-state index in [0.717, 1.165) is 16.0 Å². The van der Waals surface area contributed by atoms with Gasteiger partial charge in [-0.05, 0) is 43.9 Å². The van der Waals surface area contributed by atoms with Crippen molar-refractivity contribution in [3.8, 4) is 5.75 Å². The predicted octanol–water partition coefficient (Wildman–Crippen LogP) is 3.27. The van der Waals surface area contributed by atoms with Crippen molar-refractivity contribution in [1.29, 1.82) is 0 Å². The highest BCUT2D eigenvalue weighted by Gasteiger charge is 2.22. The van der Waals surface area contributed by atoms with Crippen LogP contribution in [0.2, 0.25) is 0 Å². The van der Waals surface area contributed by atoms with Crippen LogP contribution in [0.5, 0.6) is 5.75 Å². The first-order valence-corrected chi connectivity index (χ1v) is 12.1. The predicted molar refractivity (Wildman–Crippen MR) is 128 cm³/mol. The second-order valence-electron chi connectivity index (χ2n) is 7.25. The Morgan fingerprint density at radius 2 is 1.77 bits per heavy atom. The van der Waals surface area contributed by atoms with Crippen molar-refractivity contribution in [3.05, 3.63) is 48.0 Å². The van der Waals surface area contributed by atoms with Gasteiger partial charge in [-0.2, -0.15) is 0 Å². The Balaban J connectivity index is 0.00000341. The molecule has 0 saturated carbocycles. The van der Waals surface area contributed by atoms with E-state index in [1.165, 1.54) is 17.6 Å². The van der Waals surface area contributed by atoms with Gasteiger partial charge in [0.15, 0.2) is 15.0 Å². The summed E-state index contributed by atoms with van der Waals surface area (Å²) in [7, 11) is 2.05. The van der Waals surface area contributed by atoms with Crippen molar-refractivity contribution in [3.63, 3.8) is 0 Å². The summed E-state index contributed by atoms with van der Waals surface area (Å²) in [6, 6.07) is 12.4. The van der Waals surface area contributed by atoms with E-state index in [2.05, 4.69) is 4.98 Å². The highest BCUT2D eigenvalue weighted by molar-refractivity contribution is 7.91. The van der Waals surface area contributed by atoms with Crippen LogP contribution in [0.1, 0.15) is 5.56 Å². The van der Waals surface area contributed by atoms with Crippen LogP contribution in [-0.4, -0.2) is 64.8 Å². The molecule has 0 radical (unpaired) electrons. The number of nitrogens with zero attached hydrogens (tertiary/aromatic N) is 3. The van der Waals surface area contributed by atoms with Crippen LogP contribution in [0.4, 0.5) is 5.13 Å². The number of carbonyl (C=O) groups excluding carboxylic acids is 1. The minimum Gasteiger partial charge on any atom is -0.497 e. The van der Waals surface area contributed by atoms with Gasteiger partial charge in [0.05, 0.1) is 23.1 Å². The van der Waals surface area contributed by atoms with Gasteiger partial charge in [-0.1, -0.05) is 29.5 Å². The smallest absolute Gasteiger partial charge is 0.233 e. The molecule has 0 bridgehead atoms. The van der Waals surface area contributed by atoms with Crippen molar-refractivity contribution in [2.75, 3.05) is 45.5 Å². The molecule has 3 aromatic rings. The first-order chi connectivity index (χ1) is 14.2. The monoisotopic (exact) mass is 483 g/mol. The molecule has 1 aromatic heterocycles. The zero-order valence-corrected chi connectivity index (χ0v) is 20.3. The molecule has 168 valence electrons. The summed E-state index contributed by atoms with van der Waals surface area (Å²) in [4.78, 5) is 21.5. The zero-order valence-electron chi connectivity index (χ0n) is 17.9. The number of hydrogen-bond donors (Lipinski definition) is 0. The number of likely N-dealkylation sites (N-methyl/N-ethyl adjacent to an activating group) is 1. The van der Waals surface area contributed by atoms with Crippen molar-refractivity contribution >= 4 is 54.8 Å². The number of methoxy groups -OCH3 is 1. The lowest BCUT2D eigenvalue weighted by Gasteiger charge is -2.22. The number of rotatable bonds is 8. The summed E-state index contributed by atoms with van der Waals surface area (Å²) in [6.07, 6.45) is 1.38. The van der Waals surface area contributed by atoms with Crippen molar-refractivity contribution in [2.24, 2.45) is 0 Å². The summed E-state index contributed by atoms with van der Waals surface area (Å²) >= 11 is 1.32. The van der Waals surface area contributed by atoms with E-state index >= 15 is 0 Å². The number of amides is 1. The molecule has 0 fully saturated rings. The van der Waals surface area contributed by atoms with Crippen molar-refractivity contribution < 1.29 is 17.9 Å². The normalized spacial score (nSPS) is 11.4. The fourth-order valence-corrected chi connectivity index (χ4v) is 4.90. The van der Waals surface area contributed by atoms with Crippen LogP contribution in [0.3, 0.4) is 0 Å². The van der Waals surface area contributed by atoms with Gasteiger partial charge in [-0.25, -0.2) is 13.4 Å². The van der Waals surface area contributed by atoms with E-state index in [0.29, 0.717) is 23.7 Å². The number of fused-ring (bicyclic) bond motifs is 1. The minimum absolute atomic E-state index is 0. The van der Waals surface area contributed by atoms with E-state index < -0.39 is 9.84 Å². The largest absolute Gasteiger partial charge is 0.497 e. The lowest BCUT2D eigenvalue weighted by atomic mass is 10.1. The number of thiazole rings is 1. The number of hydrogen-bond acceptors (Lipinski definition) is 7. The van der Waals surface area contributed by atoms with E-state index in [4.69, 9.17) is 4.74 Å². The van der Waals surface area contributed by atoms with Gasteiger partial charge in [0, 0.05) is 19.3 Å². The number of anilines is 1. The SMILES string of the molecule is COc1ccc(CC(=O)N(CCN(C)C)c2nc3c(S(C)(=O)=O)cccc3s2)cc1.Cl. The molecule has 1 heterocycles. The Morgan fingerprint density at radius 3 is 2.35 bits per heavy atom. The maximum atomic E-state index is 13.2. The highest BCUT2D eigenvalue weighted by atomic mass is 35.5. The van der Waals surface area contributed by atoms with E-state index in [-0.39, 0.29) is 29.6 Å². The summed E-state index contributed by atoms with van der Waals surface area (Å²) in [5, 5.41) is 0.501. The molecule has 10 heteroatoms. The number of ether oxygens (including phenoxy) is 1. The molecular weight excluding hydrogens is 458 g/mol. The average Bonchev–Trinajstić information content (AvgIpc) is 3.11. The minimum atomic E-state index is -3.42. The molecule has 7 nitrogen and oxygen atoms in total. The Morgan fingerprint density at radius 1 is 1.10 bits per heavy atom. The first kappa shape index (κ1) is 25.1. The third kappa shape index (κ3) is 6.16. The maximum absolute atomic E-state index is 13.2. The molecule has 0 N–H and O–H groups in total. The Kier molecular flexibility index (Phi) is 8.41. The maximum Gasteiger partial charge on any atom is 0.233 e. The standard InChI is InChI=1S/C21H25N3O4S2.ClH/c1-23(2)12-13-24(19(25)14-15-8-10-16(28-3)11-9-15)21-22-20-17(29-21)6-5-7-18(20)30(4,26)27;/h5-11H,12-14H2,1-4H3;1H. The molecule has 0 aliphatic heterocycles. The van der Waals surface area contributed by atoms with Crippen LogP contribution >= 0.6 is 23.7 Å². The fraction of sp³-hybridized carbons (Fsp3) is 0.333. The van der Waals surface area contributed by atoms with Gasteiger partial charge in [0.1, 0.15) is 11.3 Å². The van der Waals surface area contributed by atoms with Crippen LogP contribution in [0, 0.1) is 0 Å². The fourth-order valence-electron chi connectivity index (χ4n) is 2.97. The Hall–Kier alpha value is -2.20. The van der Waals surface area contributed by atoms with Crippen LogP contribution < -0.4 is 9.64 Å². The summed E-state index contributed by atoms with van der Waals surface area (Å²) in [5.41, 5.74) is 1.28. The third-order valence-electron chi connectivity index (χ3n) is 4.59. The molecule has 2 aromatic carbocycles. The molecule has 31 heavy (non-hydrogen) atoms. The number of halogens is 1. The molecule has 0 unspecified atom stereocenters. The van der Waals surface area contributed by atoms with Crippen LogP contribution in [-0.2, 0) is 21.1 Å². The lowest BCUT2D eigenvalue weighted by Crippen LogP contribution is -2.37. The van der Waals surface area contributed by atoms with Gasteiger partial charge < -0.3 is 9.64 Å². The second kappa shape index (κ2) is 10.4. The van der Waals surface area contributed by atoms with Crippen LogP contribution in [0.25, 0.3) is 10.2 Å². The topological polar surface area (TPSA) is 79.8 Å². The van der Waals surface area contributed by atoms with E-state index in [9.17, 15) is 13.2 Å². The molecular formula is C21H26ClN3O4S2. The number of sulfone groups is 1. The third-order valence-corrected chi connectivity index (χ3v) is 6.76. The van der Waals surface area contributed by atoms with E-state index in [1.807, 2.05) is 49.3 Å². The molecule has 3 rings (SSSR count). The van der Waals surface area contributed by atoms with Gasteiger partial charge in [-0.15, -0.1) is 12.4 Å². The number of aromatic nitrogens is 1. The zero-order chi connectivity index (χ0) is 21.9. The summed E-state index contributed by atoms with van der Waals surface area (Å²) in [5.74, 6) is 0.636. The molecule has 0 saturated heterocycles. The molecule has 0 aliphatic rings. The number of carbonyl (C=O) groups is 1. The molecule has 1 amide bonds.